The summed E-state index contributed by atoms with van der Waals surface area (Å²) >= 11 is 0. The van der Waals surface area contributed by atoms with Crippen molar-refractivity contribution in [2.24, 2.45) is 0 Å². The molecular formula is C14H22N2O3. The van der Waals surface area contributed by atoms with Crippen LogP contribution in [0, 0.1) is 0 Å². The highest BCUT2D eigenvalue weighted by atomic mass is 16.7. The van der Waals surface area contributed by atoms with Gasteiger partial charge in [-0.25, -0.2) is 0 Å². The molecule has 0 aromatic heterocycles. The lowest BCUT2D eigenvalue weighted by Crippen LogP contribution is -2.31. The summed E-state index contributed by atoms with van der Waals surface area (Å²) in [6, 6.07) is 7.89. The minimum Gasteiger partial charge on any atom is -0.355 e. The zero-order chi connectivity index (χ0) is 14.3. The monoisotopic (exact) mass is 266 g/mol. The largest absolute Gasteiger partial charge is 0.355 e. The smallest absolute Gasteiger partial charge is 0.221 e. The highest BCUT2D eigenvalue weighted by Gasteiger charge is 2.10. The second-order valence-electron chi connectivity index (χ2n) is 4.34. The average Bonchev–Trinajstić information content (AvgIpc) is 2.39. The minimum absolute atomic E-state index is 0.0726. The SMILES string of the molecule is COC(CNC(C)c1cccc(NC(C)=O)c1)OC. The van der Waals surface area contributed by atoms with E-state index in [-0.39, 0.29) is 18.2 Å². The molecule has 19 heavy (non-hydrogen) atoms. The van der Waals surface area contributed by atoms with Crippen molar-refractivity contribution >= 4 is 11.6 Å². The first-order chi connectivity index (χ1) is 9.06. The number of hydrogen-bond donors (Lipinski definition) is 2. The van der Waals surface area contributed by atoms with Gasteiger partial charge in [-0.05, 0) is 24.6 Å². The average molecular weight is 266 g/mol. The maximum absolute atomic E-state index is 11.0. The zero-order valence-electron chi connectivity index (χ0n) is 11.9. The summed E-state index contributed by atoms with van der Waals surface area (Å²) < 4.78 is 10.2. The van der Waals surface area contributed by atoms with Crippen molar-refractivity contribution in [1.82, 2.24) is 5.32 Å². The summed E-state index contributed by atoms with van der Waals surface area (Å²) in [6.45, 7) is 4.14. The van der Waals surface area contributed by atoms with E-state index in [1.807, 2.05) is 24.3 Å². The van der Waals surface area contributed by atoms with Gasteiger partial charge in [0.25, 0.3) is 0 Å². The third-order valence-corrected chi connectivity index (χ3v) is 2.82. The molecule has 0 aliphatic rings. The molecule has 1 rings (SSSR count). The molecule has 0 fully saturated rings. The van der Waals surface area contributed by atoms with Crippen LogP contribution in [-0.2, 0) is 14.3 Å². The van der Waals surface area contributed by atoms with E-state index in [4.69, 9.17) is 9.47 Å². The van der Waals surface area contributed by atoms with Gasteiger partial charge < -0.3 is 20.1 Å². The van der Waals surface area contributed by atoms with Crippen LogP contribution < -0.4 is 10.6 Å². The first-order valence-electron chi connectivity index (χ1n) is 6.23. The Morgan fingerprint density at radius 1 is 1.32 bits per heavy atom. The van der Waals surface area contributed by atoms with Crippen LogP contribution in [0.3, 0.4) is 0 Å². The molecule has 2 N–H and O–H groups in total. The van der Waals surface area contributed by atoms with Gasteiger partial charge in [0.1, 0.15) is 0 Å². The molecule has 1 atom stereocenters. The van der Waals surface area contributed by atoms with E-state index in [1.165, 1.54) is 6.92 Å². The molecule has 1 aromatic carbocycles. The van der Waals surface area contributed by atoms with Crippen molar-refractivity contribution in [2.75, 3.05) is 26.1 Å². The van der Waals surface area contributed by atoms with Crippen LogP contribution >= 0.6 is 0 Å². The Balaban J connectivity index is 2.61. The van der Waals surface area contributed by atoms with Crippen molar-refractivity contribution in [3.05, 3.63) is 29.8 Å². The van der Waals surface area contributed by atoms with Crippen molar-refractivity contribution < 1.29 is 14.3 Å². The van der Waals surface area contributed by atoms with Gasteiger partial charge in [-0.15, -0.1) is 0 Å². The van der Waals surface area contributed by atoms with Crippen molar-refractivity contribution in [3.63, 3.8) is 0 Å². The number of methoxy groups -OCH3 is 2. The first-order valence-corrected chi connectivity index (χ1v) is 6.23. The fourth-order valence-electron chi connectivity index (χ4n) is 1.74. The van der Waals surface area contributed by atoms with Gasteiger partial charge >= 0.3 is 0 Å². The van der Waals surface area contributed by atoms with Gasteiger partial charge in [-0.3, -0.25) is 4.79 Å². The van der Waals surface area contributed by atoms with E-state index in [2.05, 4.69) is 17.6 Å². The molecule has 1 amide bonds. The highest BCUT2D eigenvalue weighted by molar-refractivity contribution is 5.88. The van der Waals surface area contributed by atoms with Crippen LogP contribution in [0.4, 0.5) is 5.69 Å². The third kappa shape index (κ3) is 5.38. The van der Waals surface area contributed by atoms with Crippen molar-refractivity contribution in [2.45, 2.75) is 26.2 Å². The minimum atomic E-state index is -0.263. The predicted molar refractivity (Wildman–Crippen MR) is 75.0 cm³/mol. The van der Waals surface area contributed by atoms with E-state index in [0.717, 1.165) is 11.3 Å². The number of nitrogens with one attached hydrogen (secondary N) is 2. The lowest BCUT2D eigenvalue weighted by Gasteiger charge is -2.19. The van der Waals surface area contributed by atoms with Gasteiger partial charge in [0.15, 0.2) is 6.29 Å². The van der Waals surface area contributed by atoms with Crippen LogP contribution in [0.15, 0.2) is 24.3 Å². The molecule has 5 heteroatoms. The highest BCUT2D eigenvalue weighted by Crippen LogP contribution is 2.17. The van der Waals surface area contributed by atoms with E-state index in [9.17, 15) is 4.79 Å². The Morgan fingerprint density at radius 2 is 2.00 bits per heavy atom. The summed E-state index contributed by atoms with van der Waals surface area (Å²) in [7, 11) is 3.22. The summed E-state index contributed by atoms with van der Waals surface area (Å²) in [6.07, 6.45) is -0.263. The Hall–Kier alpha value is -1.43. The van der Waals surface area contributed by atoms with Gasteiger partial charge in [-0.2, -0.15) is 0 Å². The molecule has 0 radical (unpaired) electrons. The summed E-state index contributed by atoms with van der Waals surface area (Å²) in [5.74, 6) is -0.0726. The number of carbonyl (C=O) groups excluding carboxylic acids is 1. The summed E-state index contributed by atoms with van der Waals surface area (Å²) in [4.78, 5) is 11.0. The number of hydrogen-bond acceptors (Lipinski definition) is 4. The van der Waals surface area contributed by atoms with Crippen LogP contribution in [0.1, 0.15) is 25.5 Å². The molecule has 0 heterocycles. The maximum Gasteiger partial charge on any atom is 0.221 e. The lowest BCUT2D eigenvalue weighted by molar-refractivity contribution is -0.114. The molecule has 0 saturated heterocycles. The topological polar surface area (TPSA) is 59.6 Å². The number of rotatable bonds is 7. The van der Waals surface area contributed by atoms with Gasteiger partial charge in [0.2, 0.25) is 5.91 Å². The fourth-order valence-corrected chi connectivity index (χ4v) is 1.74. The molecule has 1 unspecified atom stereocenters. The molecule has 0 spiro atoms. The number of benzene rings is 1. The number of ether oxygens (including phenoxy) is 2. The molecule has 1 aromatic rings. The summed E-state index contributed by atoms with van der Waals surface area (Å²) in [5.41, 5.74) is 1.89. The normalized spacial score (nSPS) is 12.5. The molecule has 0 bridgehead atoms. The van der Waals surface area contributed by atoms with Crippen LogP contribution in [0.25, 0.3) is 0 Å². The van der Waals surface area contributed by atoms with Crippen LogP contribution in [0.5, 0.6) is 0 Å². The Labute approximate surface area is 114 Å². The molecule has 0 aliphatic heterocycles. The predicted octanol–water partition coefficient (Wildman–Crippen LogP) is 1.91. The third-order valence-electron chi connectivity index (χ3n) is 2.82. The van der Waals surface area contributed by atoms with Gasteiger partial charge in [0, 0.05) is 39.4 Å². The van der Waals surface area contributed by atoms with E-state index in [1.54, 1.807) is 14.2 Å². The van der Waals surface area contributed by atoms with Gasteiger partial charge in [0.05, 0.1) is 0 Å². The lowest BCUT2D eigenvalue weighted by atomic mass is 10.1. The number of carbonyl (C=O) groups is 1. The maximum atomic E-state index is 11.0. The number of anilines is 1. The Morgan fingerprint density at radius 3 is 2.58 bits per heavy atom. The van der Waals surface area contributed by atoms with E-state index in [0.29, 0.717) is 6.54 Å². The van der Waals surface area contributed by atoms with Crippen molar-refractivity contribution in [3.8, 4) is 0 Å². The van der Waals surface area contributed by atoms with Crippen LogP contribution in [-0.4, -0.2) is 33.0 Å². The standard InChI is InChI=1S/C14H22N2O3/c1-10(15-9-14(18-3)19-4)12-6-5-7-13(8-12)16-11(2)17/h5-8,10,14-15H,9H2,1-4H3,(H,16,17). The fraction of sp³-hybridized carbons (Fsp3) is 0.500. The van der Waals surface area contributed by atoms with E-state index >= 15 is 0 Å². The Kier molecular flexibility index (Phi) is 6.49. The number of amides is 1. The summed E-state index contributed by atoms with van der Waals surface area (Å²) in [5, 5.41) is 6.09. The van der Waals surface area contributed by atoms with Gasteiger partial charge in [-0.1, -0.05) is 12.1 Å². The van der Waals surface area contributed by atoms with Crippen molar-refractivity contribution in [1.29, 1.82) is 0 Å². The first kappa shape index (κ1) is 15.6. The second kappa shape index (κ2) is 7.89. The zero-order valence-corrected chi connectivity index (χ0v) is 11.9. The Bertz CT molecular complexity index is 405. The van der Waals surface area contributed by atoms with Crippen LogP contribution in [0.2, 0.25) is 0 Å². The van der Waals surface area contributed by atoms with E-state index < -0.39 is 0 Å². The molecular weight excluding hydrogens is 244 g/mol. The quantitative estimate of drug-likeness (QED) is 0.740. The second-order valence-corrected chi connectivity index (χ2v) is 4.34. The molecule has 0 aliphatic carbocycles. The molecule has 5 nitrogen and oxygen atoms in total. The molecule has 0 saturated carbocycles. The molecule has 106 valence electrons.